The minimum Gasteiger partial charge on any atom is -0.0625 e. The van der Waals surface area contributed by atoms with E-state index in [1.807, 2.05) is 0 Å². The molecule has 0 N–H and O–H groups in total. The van der Waals surface area contributed by atoms with Crippen molar-refractivity contribution in [3.05, 3.63) is 0 Å². The Kier molecular flexibility index (Phi) is 2.76. The first-order valence-corrected chi connectivity index (χ1v) is 4.70. The minimum absolute atomic E-state index is 0.888. The molecule has 10 heavy (non-hydrogen) atoms. The smallest absolute Gasteiger partial charge is 0.0414 e. The third-order valence-corrected chi connectivity index (χ3v) is 2.87. The van der Waals surface area contributed by atoms with Crippen molar-refractivity contribution >= 4 is 0 Å². The fourth-order valence-electron chi connectivity index (χ4n) is 1.24. The highest BCUT2D eigenvalue weighted by Gasteiger charge is 2.21. The molecule has 0 aliphatic heterocycles. The summed E-state index contributed by atoms with van der Waals surface area (Å²) in [5.41, 5.74) is 0. The SMILES string of the molecule is CC(C)C(C)CCC1CC1. The van der Waals surface area contributed by atoms with Crippen LogP contribution in [0.5, 0.6) is 0 Å². The molecule has 1 rings (SSSR count). The first kappa shape index (κ1) is 8.10. The van der Waals surface area contributed by atoms with Crippen LogP contribution in [0.3, 0.4) is 0 Å². The van der Waals surface area contributed by atoms with Crippen molar-refractivity contribution in [3.8, 4) is 0 Å². The standard InChI is InChI=1S/C10H20/c1-8(2)9(3)4-5-10-6-7-10/h8-10H,4-7H2,1-3H3. The molecule has 0 amide bonds. The van der Waals surface area contributed by atoms with E-state index in [1.54, 1.807) is 0 Å². The molecule has 1 aliphatic carbocycles. The summed E-state index contributed by atoms with van der Waals surface area (Å²) in [4.78, 5) is 0. The molecule has 1 aliphatic rings. The zero-order valence-electron chi connectivity index (χ0n) is 7.56. The van der Waals surface area contributed by atoms with Crippen LogP contribution in [-0.4, -0.2) is 0 Å². The van der Waals surface area contributed by atoms with Crippen molar-refractivity contribution in [2.24, 2.45) is 17.8 Å². The first-order valence-electron chi connectivity index (χ1n) is 4.70. The quantitative estimate of drug-likeness (QED) is 0.561. The Balaban J connectivity index is 1.99. The lowest BCUT2D eigenvalue weighted by Crippen LogP contribution is -2.03. The monoisotopic (exact) mass is 140 g/mol. The van der Waals surface area contributed by atoms with Gasteiger partial charge in [0.1, 0.15) is 0 Å². The molecule has 0 saturated heterocycles. The molecule has 0 spiro atoms. The van der Waals surface area contributed by atoms with Gasteiger partial charge in [-0.15, -0.1) is 0 Å². The molecule has 0 bridgehead atoms. The molecule has 0 aromatic carbocycles. The summed E-state index contributed by atoms with van der Waals surface area (Å²) < 4.78 is 0. The van der Waals surface area contributed by atoms with Crippen molar-refractivity contribution in [1.82, 2.24) is 0 Å². The van der Waals surface area contributed by atoms with Crippen molar-refractivity contribution in [2.45, 2.75) is 46.5 Å². The van der Waals surface area contributed by atoms with E-state index in [4.69, 9.17) is 0 Å². The molecular weight excluding hydrogens is 120 g/mol. The Morgan fingerprint density at radius 2 is 1.80 bits per heavy atom. The summed E-state index contributed by atoms with van der Waals surface area (Å²) in [5.74, 6) is 2.96. The molecule has 0 nitrogen and oxygen atoms in total. The Hall–Kier alpha value is 0. The Labute approximate surface area is 65.0 Å². The van der Waals surface area contributed by atoms with E-state index in [0.717, 1.165) is 17.8 Å². The highest BCUT2D eigenvalue weighted by molar-refractivity contribution is 4.74. The van der Waals surface area contributed by atoms with Crippen LogP contribution in [0.4, 0.5) is 0 Å². The van der Waals surface area contributed by atoms with Gasteiger partial charge in [-0.1, -0.05) is 46.5 Å². The maximum Gasteiger partial charge on any atom is -0.0414 e. The molecule has 0 heterocycles. The van der Waals surface area contributed by atoms with Gasteiger partial charge in [-0.3, -0.25) is 0 Å². The van der Waals surface area contributed by atoms with Crippen LogP contribution in [0.1, 0.15) is 46.5 Å². The Morgan fingerprint density at radius 3 is 2.20 bits per heavy atom. The second-order valence-corrected chi connectivity index (χ2v) is 4.24. The van der Waals surface area contributed by atoms with Crippen molar-refractivity contribution in [1.29, 1.82) is 0 Å². The van der Waals surface area contributed by atoms with Crippen LogP contribution in [-0.2, 0) is 0 Å². The van der Waals surface area contributed by atoms with Crippen molar-refractivity contribution in [3.63, 3.8) is 0 Å². The average molecular weight is 140 g/mol. The third-order valence-electron chi connectivity index (χ3n) is 2.87. The topological polar surface area (TPSA) is 0 Å². The Morgan fingerprint density at radius 1 is 1.20 bits per heavy atom. The van der Waals surface area contributed by atoms with Gasteiger partial charge in [0.15, 0.2) is 0 Å². The zero-order chi connectivity index (χ0) is 7.56. The number of hydrogen-bond donors (Lipinski definition) is 0. The average Bonchev–Trinajstić information content (AvgIpc) is 2.64. The van der Waals surface area contributed by atoms with Gasteiger partial charge in [0.05, 0.1) is 0 Å². The highest BCUT2D eigenvalue weighted by atomic mass is 14.3. The molecule has 1 unspecified atom stereocenters. The fraction of sp³-hybridized carbons (Fsp3) is 1.00. The summed E-state index contributed by atoms with van der Waals surface area (Å²) in [6, 6.07) is 0. The van der Waals surface area contributed by atoms with Crippen LogP contribution in [0, 0.1) is 17.8 Å². The van der Waals surface area contributed by atoms with Crippen LogP contribution in [0.25, 0.3) is 0 Å². The molecule has 1 saturated carbocycles. The third kappa shape index (κ3) is 2.72. The van der Waals surface area contributed by atoms with Gasteiger partial charge >= 0.3 is 0 Å². The summed E-state index contributed by atoms with van der Waals surface area (Å²) in [5, 5.41) is 0. The van der Waals surface area contributed by atoms with Gasteiger partial charge in [0, 0.05) is 0 Å². The lowest BCUT2D eigenvalue weighted by atomic mass is 9.92. The lowest BCUT2D eigenvalue weighted by Gasteiger charge is -2.14. The number of hydrogen-bond acceptors (Lipinski definition) is 0. The molecule has 1 fully saturated rings. The Bertz CT molecular complexity index is 90.2. The molecular formula is C10H20. The summed E-state index contributed by atoms with van der Waals surface area (Å²) in [6.45, 7) is 7.04. The van der Waals surface area contributed by atoms with Crippen LogP contribution < -0.4 is 0 Å². The van der Waals surface area contributed by atoms with E-state index < -0.39 is 0 Å². The molecule has 0 radical (unpaired) electrons. The normalized spacial score (nSPS) is 21.6. The van der Waals surface area contributed by atoms with Crippen molar-refractivity contribution < 1.29 is 0 Å². The lowest BCUT2D eigenvalue weighted by molar-refractivity contribution is 0.374. The van der Waals surface area contributed by atoms with Gasteiger partial charge < -0.3 is 0 Å². The van der Waals surface area contributed by atoms with Gasteiger partial charge in [0.25, 0.3) is 0 Å². The van der Waals surface area contributed by atoms with Gasteiger partial charge in [-0.25, -0.2) is 0 Å². The van der Waals surface area contributed by atoms with Gasteiger partial charge in [-0.2, -0.15) is 0 Å². The van der Waals surface area contributed by atoms with Gasteiger partial charge in [0.2, 0.25) is 0 Å². The predicted molar refractivity (Wildman–Crippen MR) is 46.0 cm³/mol. The minimum atomic E-state index is 0.888. The van der Waals surface area contributed by atoms with E-state index in [2.05, 4.69) is 20.8 Å². The fourth-order valence-corrected chi connectivity index (χ4v) is 1.24. The largest absolute Gasteiger partial charge is 0.0625 e. The van der Waals surface area contributed by atoms with Crippen molar-refractivity contribution in [2.75, 3.05) is 0 Å². The van der Waals surface area contributed by atoms with E-state index in [0.29, 0.717) is 0 Å². The second kappa shape index (κ2) is 3.41. The molecule has 0 aromatic heterocycles. The summed E-state index contributed by atoms with van der Waals surface area (Å²) in [6.07, 6.45) is 6.00. The van der Waals surface area contributed by atoms with E-state index >= 15 is 0 Å². The number of rotatable bonds is 4. The molecule has 1 atom stereocenters. The van der Waals surface area contributed by atoms with Crippen LogP contribution >= 0.6 is 0 Å². The second-order valence-electron chi connectivity index (χ2n) is 4.24. The maximum absolute atomic E-state index is 2.38. The molecule has 0 aromatic rings. The zero-order valence-corrected chi connectivity index (χ0v) is 7.56. The molecule has 60 valence electrons. The molecule has 0 heteroatoms. The highest BCUT2D eigenvalue weighted by Crippen LogP contribution is 2.35. The first-order chi connectivity index (χ1) is 4.70. The van der Waals surface area contributed by atoms with E-state index in [1.165, 1.54) is 25.7 Å². The van der Waals surface area contributed by atoms with E-state index in [-0.39, 0.29) is 0 Å². The van der Waals surface area contributed by atoms with Crippen LogP contribution in [0.2, 0.25) is 0 Å². The van der Waals surface area contributed by atoms with E-state index in [9.17, 15) is 0 Å². The van der Waals surface area contributed by atoms with Crippen LogP contribution in [0.15, 0.2) is 0 Å². The summed E-state index contributed by atoms with van der Waals surface area (Å²) in [7, 11) is 0. The van der Waals surface area contributed by atoms with Gasteiger partial charge in [-0.05, 0) is 17.8 Å². The summed E-state index contributed by atoms with van der Waals surface area (Å²) >= 11 is 0. The maximum atomic E-state index is 2.38. The predicted octanol–water partition coefficient (Wildman–Crippen LogP) is 3.47.